The van der Waals surface area contributed by atoms with Gasteiger partial charge in [-0.2, -0.15) is 0 Å². The minimum Gasteiger partial charge on any atom is -0.363 e. The number of halogens is 2. The summed E-state index contributed by atoms with van der Waals surface area (Å²) < 4.78 is 40.5. The first-order valence-electron chi connectivity index (χ1n) is 10.9. The molecule has 0 radical (unpaired) electrons. The van der Waals surface area contributed by atoms with Gasteiger partial charge in [0.2, 0.25) is 0 Å². The van der Waals surface area contributed by atoms with Crippen LogP contribution in [0.15, 0.2) is 35.4 Å². The molecule has 3 heterocycles. The number of rotatable bonds is 5. The molecule has 1 aliphatic heterocycles. The highest BCUT2D eigenvalue weighted by Crippen LogP contribution is 2.32. The number of aromatic nitrogens is 3. The Morgan fingerprint density at radius 1 is 1.21 bits per heavy atom. The minimum atomic E-state index is -2.54. The van der Waals surface area contributed by atoms with Crippen LogP contribution in [0.1, 0.15) is 60.4 Å². The van der Waals surface area contributed by atoms with E-state index in [4.69, 9.17) is 0 Å². The lowest BCUT2D eigenvalue weighted by molar-refractivity contribution is 0.150. The van der Waals surface area contributed by atoms with Gasteiger partial charge in [-0.25, -0.2) is 18.7 Å². The van der Waals surface area contributed by atoms with E-state index < -0.39 is 15.9 Å². The Bertz CT molecular complexity index is 1350. The van der Waals surface area contributed by atoms with Crippen LogP contribution in [0.4, 0.5) is 14.6 Å². The number of alkyl halides is 2. The smallest absolute Gasteiger partial charge is 0.264 e. The first-order valence-corrected chi connectivity index (χ1v) is 13.0. The molecule has 1 aliphatic rings. The van der Waals surface area contributed by atoms with Crippen molar-refractivity contribution in [2.75, 3.05) is 16.8 Å². The fourth-order valence-electron chi connectivity index (χ4n) is 4.63. The summed E-state index contributed by atoms with van der Waals surface area (Å²) >= 11 is 0. The Morgan fingerprint density at radius 2 is 1.88 bits per heavy atom. The minimum absolute atomic E-state index is 0.000118. The van der Waals surface area contributed by atoms with Crippen LogP contribution in [0.5, 0.6) is 0 Å². The van der Waals surface area contributed by atoms with Crippen LogP contribution in [0.3, 0.4) is 0 Å². The Labute approximate surface area is 192 Å². The number of hydrogen-bond donors (Lipinski definition) is 1. The SMILES string of the molecule is C=S1(=O)CCC(c2cc3c(N[C@H](C)c4cccc(C(F)F)c4C)ncnc3n(C)c2=O)CC1. The number of pyridine rings is 1. The first kappa shape index (κ1) is 23.4. The summed E-state index contributed by atoms with van der Waals surface area (Å²) in [5, 5.41) is 4.02. The van der Waals surface area contributed by atoms with Crippen LogP contribution in [0, 0.1) is 6.92 Å². The molecular weight excluding hydrogens is 446 g/mol. The molecule has 0 amide bonds. The van der Waals surface area contributed by atoms with Crippen LogP contribution in [-0.4, -0.2) is 36.1 Å². The molecule has 1 N–H and O–H groups in total. The van der Waals surface area contributed by atoms with E-state index >= 15 is 0 Å². The maximum atomic E-state index is 13.4. The lowest BCUT2D eigenvalue weighted by Crippen LogP contribution is -2.29. The number of anilines is 1. The fourth-order valence-corrected chi connectivity index (χ4v) is 6.27. The van der Waals surface area contributed by atoms with Gasteiger partial charge < -0.3 is 5.32 Å². The van der Waals surface area contributed by atoms with Gasteiger partial charge in [0.25, 0.3) is 12.0 Å². The number of nitrogens with one attached hydrogen (secondary N) is 1. The number of hydrogen-bond acceptors (Lipinski definition) is 5. The molecule has 0 spiro atoms. The highest BCUT2D eigenvalue weighted by atomic mass is 32.2. The van der Waals surface area contributed by atoms with E-state index in [9.17, 15) is 17.8 Å². The molecule has 2 aromatic heterocycles. The van der Waals surface area contributed by atoms with Crippen LogP contribution in [-0.2, 0) is 16.6 Å². The monoisotopic (exact) mass is 474 g/mol. The number of benzene rings is 1. The topological polar surface area (TPSA) is 76.9 Å². The number of aryl methyl sites for hydroxylation is 1. The van der Waals surface area contributed by atoms with Crippen molar-refractivity contribution in [2.45, 2.75) is 45.1 Å². The van der Waals surface area contributed by atoms with Gasteiger partial charge in [0, 0.05) is 29.7 Å². The molecule has 176 valence electrons. The van der Waals surface area contributed by atoms with Gasteiger partial charge in [-0.1, -0.05) is 18.2 Å². The van der Waals surface area contributed by atoms with E-state index in [0.29, 0.717) is 52.3 Å². The fraction of sp³-hybridized carbons (Fsp3) is 0.417. The maximum Gasteiger partial charge on any atom is 0.264 e. The lowest BCUT2D eigenvalue weighted by atomic mass is 9.93. The summed E-state index contributed by atoms with van der Waals surface area (Å²) in [5.74, 6) is 5.36. The zero-order chi connectivity index (χ0) is 23.9. The third-order valence-corrected chi connectivity index (χ3v) is 8.58. The largest absolute Gasteiger partial charge is 0.363 e. The van der Waals surface area contributed by atoms with Crippen molar-refractivity contribution in [1.29, 1.82) is 0 Å². The second-order valence-electron chi connectivity index (χ2n) is 8.80. The Kier molecular flexibility index (Phi) is 6.26. The van der Waals surface area contributed by atoms with Crippen molar-refractivity contribution in [1.82, 2.24) is 14.5 Å². The van der Waals surface area contributed by atoms with Crippen LogP contribution in [0.25, 0.3) is 11.0 Å². The third kappa shape index (κ3) is 4.51. The van der Waals surface area contributed by atoms with Crippen molar-refractivity contribution in [2.24, 2.45) is 7.05 Å². The van der Waals surface area contributed by atoms with Gasteiger partial charge in [-0.05, 0) is 65.2 Å². The molecule has 6 nitrogen and oxygen atoms in total. The van der Waals surface area contributed by atoms with Crippen LogP contribution >= 0.6 is 0 Å². The van der Waals surface area contributed by atoms with Gasteiger partial charge >= 0.3 is 0 Å². The van der Waals surface area contributed by atoms with Crippen molar-refractivity contribution in [3.63, 3.8) is 0 Å². The molecule has 0 bridgehead atoms. The predicted octanol–water partition coefficient (Wildman–Crippen LogP) is 4.34. The standard InChI is InChI=1S/C24H28F2N4O2S/c1-14-17(6-5-7-18(14)21(25)26)15(2)29-22-20-12-19(16-8-10-33(4,32)11-9-16)24(31)30(3)23(20)28-13-27-22/h5-7,12-13,15-16,21H,4,8-11H2,1-3H3,(H,27,28,29)/t15-,16?,33?/m1/s1. The third-order valence-electron chi connectivity index (χ3n) is 6.62. The average molecular weight is 475 g/mol. The van der Waals surface area contributed by atoms with Crippen LogP contribution in [0.2, 0.25) is 0 Å². The van der Waals surface area contributed by atoms with E-state index in [1.807, 2.05) is 19.1 Å². The first-order chi connectivity index (χ1) is 15.6. The quantitative estimate of drug-likeness (QED) is 0.557. The van der Waals surface area contributed by atoms with Gasteiger partial charge in [-0.15, -0.1) is 0 Å². The molecule has 1 atom stereocenters. The van der Waals surface area contributed by atoms with E-state index in [1.54, 1.807) is 20.0 Å². The van der Waals surface area contributed by atoms with Crippen molar-refractivity contribution in [3.05, 3.63) is 63.2 Å². The molecule has 33 heavy (non-hydrogen) atoms. The second-order valence-corrected chi connectivity index (χ2v) is 11.5. The van der Waals surface area contributed by atoms with Crippen molar-refractivity contribution >= 4 is 32.2 Å². The normalized spacial score (nSPS) is 21.9. The summed E-state index contributed by atoms with van der Waals surface area (Å²) in [6.07, 6.45) is 0.139. The Hall–Kier alpha value is -2.81. The molecule has 1 fully saturated rings. The number of nitrogens with zero attached hydrogens (tertiary/aromatic N) is 3. The predicted molar refractivity (Wildman–Crippen MR) is 130 cm³/mol. The summed E-state index contributed by atoms with van der Waals surface area (Å²) in [5.41, 5.74) is 2.32. The molecule has 3 aromatic rings. The van der Waals surface area contributed by atoms with E-state index in [-0.39, 0.29) is 23.1 Å². The molecule has 1 saturated heterocycles. The molecule has 0 unspecified atom stereocenters. The highest BCUT2D eigenvalue weighted by Gasteiger charge is 2.25. The van der Waals surface area contributed by atoms with Gasteiger partial charge in [0.15, 0.2) is 0 Å². The van der Waals surface area contributed by atoms with Gasteiger partial charge in [0.05, 0.1) is 11.4 Å². The average Bonchev–Trinajstić information content (AvgIpc) is 2.76. The molecular formula is C24H28F2N4O2S. The Morgan fingerprint density at radius 3 is 2.55 bits per heavy atom. The zero-order valence-corrected chi connectivity index (χ0v) is 19.8. The van der Waals surface area contributed by atoms with Crippen molar-refractivity contribution in [3.8, 4) is 0 Å². The number of fused-ring (bicyclic) bond motifs is 1. The van der Waals surface area contributed by atoms with Gasteiger partial charge in [-0.3, -0.25) is 13.6 Å². The van der Waals surface area contributed by atoms with Gasteiger partial charge in [0.1, 0.15) is 17.8 Å². The lowest BCUT2D eigenvalue weighted by Gasteiger charge is -2.25. The maximum absolute atomic E-state index is 13.4. The van der Waals surface area contributed by atoms with E-state index in [2.05, 4.69) is 21.2 Å². The molecule has 9 heteroatoms. The van der Waals surface area contributed by atoms with Crippen molar-refractivity contribution < 1.29 is 13.0 Å². The summed E-state index contributed by atoms with van der Waals surface area (Å²) in [7, 11) is -0.378. The van der Waals surface area contributed by atoms with E-state index in [1.165, 1.54) is 17.0 Å². The second kappa shape index (κ2) is 8.85. The van der Waals surface area contributed by atoms with Crippen LogP contribution < -0.4 is 10.9 Å². The van der Waals surface area contributed by atoms with E-state index in [0.717, 1.165) is 5.56 Å². The Balaban J connectivity index is 1.74. The highest BCUT2D eigenvalue weighted by molar-refractivity contribution is 8.00. The molecule has 1 aromatic carbocycles. The molecule has 0 saturated carbocycles. The summed E-state index contributed by atoms with van der Waals surface area (Å²) in [6, 6.07) is 6.42. The zero-order valence-electron chi connectivity index (χ0n) is 19.0. The summed E-state index contributed by atoms with van der Waals surface area (Å²) in [4.78, 5) is 21.8. The summed E-state index contributed by atoms with van der Waals surface area (Å²) in [6.45, 7) is 3.58. The molecule has 0 aliphatic carbocycles. The molecule has 4 rings (SSSR count).